The molecule has 5 heteroatoms. The summed E-state index contributed by atoms with van der Waals surface area (Å²) in [5.41, 5.74) is 0. The van der Waals surface area contributed by atoms with E-state index in [4.69, 9.17) is 14.9 Å². The van der Waals surface area contributed by atoms with E-state index in [0.29, 0.717) is 0 Å². The summed E-state index contributed by atoms with van der Waals surface area (Å²) in [6.07, 6.45) is 3.42. The number of allylic oxidation sites excluding steroid dienone is 1. The van der Waals surface area contributed by atoms with Crippen molar-refractivity contribution in [3.8, 4) is 0 Å². The summed E-state index contributed by atoms with van der Waals surface area (Å²) >= 11 is 0. The van der Waals surface area contributed by atoms with Crippen molar-refractivity contribution in [3.05, 3.63) is 12.2 Å². The largest absolute Gasteiger partial charge is 0.481 e. The third kappa shape index (κ3) is 1.52. The topological polar surface area (TPSA) is 83.8 Å². The second-order valence-corrected chi connectivity index (χ2v) is 3.91. The first-order valence-corrected chi connectivity index (χ1v) is 4.83. The van der Waals surface area contributed by atoms with Crippen LogP contribution in [0.25, 0.3) is 0 Å². The molecule has 1 aliphatic carbocycles. The number of aliphatic hydroxyl groups excluding tert-OH is 1. The molecule has 3 unspecified atom stereocenters. The second kappa shape index (κ2) is 3.66. The van der Waals surface area contributed by atoms with Gasteiger partial charge >= 0.3 is 11.9 Å². The van der Waals surface area contributed by atoms with Gasteiger partial charge in [0.2, 0.25) is 0 Å². The van der Waals surface area contributed by atoms with Gasteiger partial charge in [-0.1, -0.05) is 12.2 Å². The molecule has 2 aliphatic rings. The van der Waals surface area contributed by atoms with Crippen molar-refractivity contribution in [2.24, 2.45) is 23.7 Å². The van der Waals surface area contributed by atoms with Gasteiger partial charge in [0.25, 0.3) is 0 Å². The summed E-state index contributed by atoms with van der Waals surface area (Å²) in [5.74, 6) is -3.20. The molecule has 5 nitrogen and oxygen atoms in total. The van der Waals surface area contributed by atoms with Gasteiger partial charge in [0.05, 0.1) is 18.4 Å². The van der Waals surface area contributed by atoms with E-state index in [0.717, 1.165) is 0 Å². The third-order valence-electron chi connectivity index (χ3n) is 3.13. The molecule has 4 atom stereocenters. The molecule has 0 spiro atoms. The molecule has 0 saturated carbocycles. The van der Waals surface area contributed by atoms with E-state index < -0.39 is 23.8 Å². The Labute approximate surface area is 86.3 Å². The summed E-state index contributed by atoms with van der Waals surface area (Å²) < 4.78 is 4.83. The van der Waals surface area contributed by atoms with Crippen molar-refractivity contribution in [2.45, 2.75) is 0 Å². The minimum Gasteiger partial charge on any atom is -0.481 e. The number of esters is 1. The van der Waals surface area contributed by atoms with Crippen LogP contribution in [0.2, 0.25) is 0 Å². The Hall–Kier alpha value is -1.36. The number of carboxylic acid groups (broad SMARTS) is 1. The lowest BCUT2D eigenvalue weighted by atomic mass is 9.79. The minimum absolute atomic E-state index is 0.0716. The first-order valence-electron chi connectivity index (χ1n) is 4.83. The van der Waals surface area contributed by atoms with Gasteiger partial charge in [-0.3, -0.25) is 9.59 Å². The van der Waals surface area contributed by atoms with Crippen molar-refractivity contribution < 1.29 is 24.5 Å². The van der Waals surface area contributed by atoms with Crippen LogP contribution in [0.15, 0.2) is 12.2 Å². The van der Waals surface area contributed by atoms with E-state index in [1.807, 2.05) is 0 Å². The Morgan fingerprint density at radius 3 is 2.87 bits per heavy atom. The highest BCUT2D eigenvalue weighted by Gasteiger charge is 2.48. The monoisotopic (exact) mass is 212 g/mol. The van der Waals surface area contributed by atoms with Crippen molar-refractivity contribution in [1.82, 2.24) is 0 Å². The Morgan fingerprint density at radius 2 is 2.27 bits per heavy atom. The van der Waals surface area contributed by atoms with Gasteiger partial charge in [-0.15, -0.1) is 0 Å². The molecule has 1 saturated heterocycles. The fourth-order valence-electron chi connectivity index (χ4n) is 2.30. The number of aliphatic hydroxyl groups is 1. The fraction of sp³-hybridized carbons (Fsp3) is 0.600. The number of fused-ring (bicyclic) bond motifs is 1. The molecule has 1 fully saturated rings. The fourth-order valence-corrected chi connectivity index (χ4v) is 2.30. The average Bonchev–Trinajstić information content (AvgIpc) is 2.62. The summed E-state index contributed by atoms with van der Waals surface area (Å²) in [7, 11) is 0. The lowest BCUT2D eigenvalue weighted by Gasteiger charge is -2.31. The first kappa shape index (κ1) is 10.2. The molecule has 0 aromatic heterocycles. The van der Waals surface area contributed by atoms with Crippen LogP contribution in [0.1, 0.15) is 0 Å². The molecule has 0 amide bonds. The number of carbonyl (C=O) groups excluding carboxylic acids is 1. The smallest absolute Gasteiger partial charge is 0.310 e. The van der Waals surface area contributed by atoms with Crippen molar-refractivity contribution in [3.63, 3.8) is 0 Å². The number of rotatable bonds is 2. The quantitative estimate of drug-likeness (QED) is 0.483. The highest BCUT2D eigenvalue weighted by Crippen LogP contribution is 2.39. The zero-order valence-corrected chi connectivity index (χ0v) is 8.00. The van der Waals surface area contributed by atoms with Gasteiger partial charge in [-0.25, -0.2) is 0 Å². The maximum Gasteiger partial charge on any atom is 0.310 e. The van der Waals surface area contributed by atoms with Gasteiger partial charge in [0.1, 0.15) is 6.61 Å². The highest BCUT2D eigenvalue weighted by atomic mass is 16.5. The van der Waals surface area contributed by atoms with Crippen molar-refractivity contribution in [1.29, 1.82) is 0 Å². The molecule has 0 radical (unpaired) electrons. The standard InChI is InChI=1S/C10H12O5/c11-3-5-1-2-6-7(9(12)13)4-15-10(14)8(5)6/h1-2,5-8,11H,3-4H2,(H,12,13)/t5-,6?,7?,8?/m1/s1. The molecular formula is C10H12O5. The third-order valence-corrected chi connectivity index (χ3v) is 3.13. The van der Waals surface area contributed by atoms with E-state index in [1.54, 1.807) is 12.2 Å². The van der Waals surface area contributed by atoms with E-state index in [9.17, 15) is 9.59 Å². The van der Waals surface area contributed by atoms with Crippen LogP contribution < -0.4 is 0 Å². The number of ether oxygens (including phenoxy) is 1. The highest BCUT2D eigenvalue weighted by molar-refractivity contribution is 5.80. The van der Waals surface area contributed by atoms with E-state index in [-0.39, 0.29) is 25.0 Å². The van der Waals surface area contributed by atoms with Crippen LogP contribution in [-0.4, -0.2) is 35.4 Å². The molecule has 82 valence electrons. The Morgan fingerprint density at radius 1 is 1.53 bits per heavy atom. The maximum absolute atomic E-state index is 11.4. The molecule has 0 bridgehead atoms. The van der Waals surface area contributed by atoms with E-state index >= 15 is 0 Å². The summed E-state index contributed by atoms with van der Waals surface area (Å²) in [6.45, 7) is -0.225. The van der Waals surface area contributed by atoms with E-state index in [2.05, 4.69) is 0 Å². The van der Waals surface area contributed by atoms with Crippen LogP contribution in [0.3, 0.4) is 0 Å². The SMILES string of the molecule is O=C(O)C1COC(=O)C2C1C=C[C@@H]2CO. The molecule has 1 aliphatic heterocycles. The zero-order chi connectivity index (χ0) is 11.0. The Balaban J connectivity index is 2.23. The predicted octanol–water partition coefficient (Wildman–Crippen LogP) is -0.345. The van der Waals surface area contributed by atoms with E-state index in [1.165, 1.54) is 0 Å². The molecule has 1 heterocycles. The summed E-state index contributed by atoms with van der Waals surface area (Å²) in [6, 6.07) is 0. The summed E-state index contributed by atoms with van der Waals surface area (Å²) in [4.78, 5) is 22.4. The Bertz CT molecular complexity index is 322. The zero-order valence-electron chi connectivity index (χ0n) is 8.00. The maximum atomic E-state index is 11.4. The van der Waals surface area contributed by atoms with Crippen molar-refractivity contribution in [2.75, 3.05) is 13.2 Å². The molecule has 0 aromatic carbocycles. The van der Waals surface area contributed by atoms with Crippen LogP contribution in [0.5, 0.6) is 0 Å². The lowest BCUT2D eigenvalue weighted by molar-refractivity contribution is -0.168. The van der Waals surface area contributed by atoms with Gasteiger partial charge < -0.3 is 14.9 Å². The number of carboxylic acids is 1. The number of hydrogen-bond donors (Lipinski definition) is 2. The van der Waals surface area contributed by atoms with Gasteiger partial charge in [0.15, 0.2) is 0 Å². The van der Waals surface area contributed by atoms with Gasteiger partial charge in [0, 0.05) is 11.8 Å². The second-order valence-electron chi connectivity index (χ2n) is 3.91. The number of cyclic esters (lactones) is 1. The molecule has 15 heavy (non-hydrogen) atoms. The van der Waals surface area contributed by atoms with Crippen LogP contribution in [-0.2, 0) is 14.3 Å². The minimum atomic E-state index is -0.958. The summed E-state index contributed by atoms with van der Waals surface area (Å²) in [5, 5.41) is 18.0. The van der Waals surface area contributed by atoms with Crippen molar-refractivity contribution >= 4 is 11.9 Å². The predicted molar refractivity (Wildman–Crippen MR) is 48.8 cm³/mol. The normalized spacial score (nSPS) is 38.6. The van der Waals surface area contributed by atoms with Crippen LogP contribution >= 0.6 is 0 Å². The average molecular weight is 212 g/mol. The van der Waals surface area contributed by atoms with Crippen LogP contribution in [0.4, 0.5) is 0 Å². The number of hydrogen-bond acceptors (Lipinski definition) is 4. The Kier molecular flexibility index (Phi) is 2.48. The van der Waals surface area contributed by atoms with Gasteiger partial charge in [-0.05, 0) is 0 Å². The van der Waals surface area contributed by atoms with Gasteiger partial charge in [-0.2, -0.15) is 0 Å². The first-order chi connectivity index (χ1) is 7.15. The molecule has 0 aromatic rings. The molecular weight excluding hydrogens is 200 g/mol. The number of carbonyl (C=O) groups is 2. The number of aliphatic carboxylic acids is 1. The molecule has 2 N–H and O–H groups in total. The van der Waals surface area contributed by atoms with Crippen LogP contribution in [0, 0.1) is 23.7 Å². The lowest BCUT2D eigenvalue weighted by Crippen LogP contribution is -2.43. The molecule has 2 rings (SSSR count).